The first kappa shape index (κ1) is 22.9. The maximum atomic E-state index is 13.9. The van der Waals surface area contributed by atoms with E-state index in [0.717, 1.165) is 21.9 Å². The van der Waals surface area contributed by atoms with Crippen LogP contribution in [0, 0.1) is 0 Å². The van der Waals surface area contributed by atoms with Gasteiger partial charge in [-0.2, -0.15) is 0 Å². The molecule has 1 aliphatic heterocycles. The lowest BCUT2D eigenvalue weighted by atomic mass is 10.1. The average molecular weight is 466 g/mol. The zero-order valence-electron chi connectivity index (χ0n) is 18.9. The summed E-state index contributed by atoms with van der Waals surface area (Å²) in [5, 5.41) is -0.423. The normalized spacial score (nSPS) is 18.1. The molecule has 2 atom stereocenters. The third-order valence-electron chi connectivity index (χ3n) is 5.46. The molecular formula is C25H27N3O4S. The van der Waals surface area contributed by atoms with Crippen molar-refractivity contribution < 1.29 is 19.1 Å². The molecule has 1 aliphatic rings. The smallest absolute Gasteiger partial charge is 0.355 e. The number of aromatic amines is 1. The van der Waals surface area contributed by atoms with Gasteiger partial charge in [0.1, 0.15) is 11.4 Å². The summed E-state index contributed by atoms with van der Waals surface area (Å²) in [5.74, 6) is -0.0809. The summed E-state index contributed by atoms with van der Waals surface area (Å²) in [6.45, 7) is 1.16. The Morgan fingerprint density at radius 2 is 1.85 bits per heavy atom. The number of ether oxygens (including phenoxy) is 2. The summed E-state index contributed by atoms with van der Waals surface area (Å²) in [7, 11) is 5.54. The molecule has 0 aliphatic carbocycles. The molecule has 0 fully saturated rings. The second-order valence-electron chi connectivity index (χ2n) is 7.98. The van der Waals surface area contributed by atoms with E-state index in [1.54, 1.807) is 30.3 Å². The fourth-order valence-electron chi connectivity index (χ4n) is 3.70. The molecule has 2 heterocycles. The first-order valence-electron chi connectivity index (χ1n) is 10.7. The number of amides is 1. The number of thioether (sulfide) groups is 1. The highest BCUT2D eigenvalue weighted by Crippen LogP contribution is 2.47. The van der Waals surface area contributed by atoms with E-state index in [9.17, 15) is 9.59 Å². The minimum atomic E-state index is -1.01. The molecule has 0 radical (unpaired) electrons. The van der Waals surface area contributed by atoms with E-state index in [1.807, 2.05) is 67.5 Å². The van der Waals surface area contributed by atoms with Crippen molar-refractivity contribution in [2.75, 3.05) is 39.2 Å². The molecule has 1 aromatic heterocycles. The van der Waals surface area contributed by atoms with Crippen molar-refractivity contribution in [2.24, 2.45) is 0 Å². The Kier molecular flexibility index (Phi) is 7.05. The number of esters is 1. The van der Waals surface area contributed by atoms with Gasteiger partial charge in [-0.15, -0.1) is 11.8 Å². The van der Waals surface area contributed by atoms with Crippen molar-refractivity contribution in [2.45, 2.75) is 16.2 Å². The van der Waals surface area contributed by atoms with E-state index in [-0.39, 0.29) is 5.91 Å². The number of hydrogen-bond acceptors (Lipinski definition) is 6. The van der Waals surface area contributed by atoms with Gasteiger partial charge in [-0.1, -0.05) is 24.3 Å². The molecule has 2 aromatic carbocycles. The van der Waals surface area contributed by atoms with Gasteiger partial charge in [-0.3, -0.25) is 4.79 Å². The van der Waals surface area contributed by atoms with Crippen molar-refractivity contribution in [3.8, 4) is 5.75 Å². The number of rotatable bonds is 7. The number of para-hydroxylation sites is 1. The van der Waals surface area contributed by atoms with Crippen molar-refractivity contribution in [3.63, 3.8) is 0 Å². The van der Waals surface area contributed by atoms with Gasteiger partial charge in [0, 0.05) is 24.2 Å². The molecule has 0 saturated carbocycles. The fourth-order valence-corrected chi connectivity index (χ4v) is 5.01. The van der Waals surface area contributed by atoms with Crippen LogP contribution < -0.4 is 9.64 Å². The number of methoxy groups -OCH3 is 1. The summed E-state index contributed by atoms with van der Waals surface area (Å²) >= 11 is 1.53. The van der Waals surface area contributed by atoms with Crippen molar-refractivity contribution in [1.82, 2.24) is 9.88 Å². The summed E-state index contributed by atoms with van der Waals surface area (Å²) in [4.78, 5) is 34.4. The molecule has 0 saturated heterocycles. The zero-order chi connectivity index (χ0) is 23.4. The monoisotopic (exact) mass is 465 g/mol. The maximum Gasteiger partial charge on any atom is 0.355 e. The predicted molar refractivity (Wildman–Crippen MR) is 129 cm³/mol. The van der Waals surface area contributed by atoms with E-state index < -0.39 is 17.3 Å². The molecule has 2 unspecified atom stereocenters. The molecule has 1 N–H and O–H groups in total. The molecule has 3 aromatic rings. The highest BCUT2D eigenvalue weighted by atomic mass is 32.2. The number of carbonyl (C=O) groups excluding carboxylic acids is 2. The molecule has 33 heavy (non-hydrogen) atoms. The Bertz CT molecular complexity index is 1100. The number of aromatic nitrogens is 1. The van der Waals surface area contributed by atoms with Crippen LogP contribution in [0.25, 0.3) is 0 Å². The van der Waals surface area contributed by atoms with Gasteiger partial charge in [-0.25, -0.2) is 4.79 Å². The zero-order valence-corrected chi connectivity index (χ0v) is 19.7. The Morgan fingerprint density at radius 1 is 1.09 bits per heavy atom. The summed E-state index contributed by atoms with van der Waals surface area (Å²) in [6.07, 6.45) is 0.647. The summed E-state index contributed by atoms with van der Waals surface area (Å²) < 4.78 is 11.2. The third-order valence-corrected chi connectivity index (χ3v) is 6.83. The van der Waals surface area contributed by atoms with Crippen LogP contribution in [0.15, 0.2) is 71.8 Å². The summed E-state index contributed by atoms with van der Waals surface area (Å²) in [6, 6.07) is 18.7. The molecular weight excluding hydrogens is 438 g/mol. The first-order chi connectivity index (χ1) is 16.0. The Morgan fingerprint density at radius 3 is 2.52 bits per heavy atom. The van der Waals surface area contributed by atoms with Crippen LogP contribution >= 0.6 is 11.8 Å². The molecule has 172 valence electrons. The number of nitrogens with zero attached hydrogens (tertiary/aromatic N) is 2. The lowest BCUT2D eigenvalue weighted by Gasteiger charge is -2.28. The van der Waals surface area contributed by atoms with Crippen LogP contribution in [-0.4, -0.2) is 62.2 Å². The molecule has 0 spiro atoms. The molecule has 7 nitrogen and oxygen atoms in total. The average Bonchev–Trinajstić information content (AvgIpc) is 3.34. The van der Waals surface area contributed by atoms with Crippen LogP contribution in [0.1, 0.15) is 21.3 Å². The van der Waals surface area contributed by atoms with Gasteiger partial charge >= 0.3 is 5.97 Å². The largest absolute Gasteiger partial charge is 0.497 e. The van der Waals surface area contributed by atoms with Gasteiger partial charge in [0.25, 0.3) is 5.91 Å². The van der Waals surface area contributed by atoms with Gasteiger partial charge in [0.05, 0.1) is 18.0 Å². The third kappa shape index (κ3) is 5.07. The molecule has 0 bridgehead atoms. The van der Waals surface area contributed by atoms with Crippen molar-refractivity contribution >= 4 is 29.3 Å². The van der Waals surface area contributed by atoms with Crippen LogP contribution in [-0.2, 0) is 9.53 Å². The number of carbonyl (C=O) groups is 2. The number of hydrogen-bond donors (Lipinski definition) is 1. The van der Waals surface area contributed by atoms with Crippen LogP contribution in [0.4, 0.5) is 5.69 Å². The molecule has 1 amide bonds. The van der Waals surface area contributed by atoms with E-state index in [0.29, 0.717) is 18.8 Å². The lowest BCUT2D eigenvalue weighted by Crippen LogP contribution is -2.45. The second-order valence-corrected chi connectivity index (χ2v) is 9.17. The number of nitrogens with one attached hydrogen (secondary N) is 1. The number of anilines is 1. The minimum absolute atomic E-state index is 0.241. The van der Waals surface area contributed by atoms with Gasteiger partial charge in [0.2, 0.25) is 0 Å². The van der Waals surface area contributed by atoms with Gasteiger partial charge in [0.15, 0.2) is 6.10 Å². The Hall–Kier alpha value is -3.23. The molecule has 4 rings (SSSR count). The summed E-state index contributed by atoms with van der Waals surface area (Å²) in [5.41, 5.74) is 2.01. The van der Waals surface area contributed by atoms with Gasteiger partial charge in [-0.05, 0) is 56.1 Å². The van der Waals surface area contributed by atoms with Crippen LogP contribution in [0.2, 0.25) is 0 Å². The Balaban J connectivity index is 1.76. The van der Waals surface area contributed by atoms with E-state index in [4.69, 9.17) is 9.47 Å². The molecule has 8 heteroatoms. The SMILES string of the molecule is COc1ccc(C2Sc3ccccc3N(CCN(C)C)C(=O)C2OC(=O)c2ccc[nH]2)cc1. The van der Waals surface area contributed by atoms with E-state index in [2.05, 4.69) is 4.98 Å². The van der Waals surface area contributed by atoms with Crippen LogP contribution in [0.3, 0.4) is 0 Å². The quantitative estimate of drug-likeness (QED) is 0.532. The topological polar surface area (TPSA) is 74.9 Å². The fraction of sp³-hybridized carbons (Fsp3) is 0.280. The number of fused-ring (bicyclic) bond motifs is 1. The van der Waals surface area contributed by atoms with Crippen molar-refractivity contribution in [1.29, 1.82) is 0 Å². The Labute approximate surface area is 197 Å². The van der Waals surface area contributed by atoms with Gasteiger partial charge < -0.3 is 24.3 Å². The number of likely N-dealkylation sites (N-methyl/N-ethyl adjacent to an activating group) is 1. The van der Waals surface area contributed by atoms with E-state index in [1.165, 1.54) is 11.8 Å². The second kappa shape index (κ2) is 10.1. The highest BCUT2D eigenvalue weighted by molar-refractivity contribution is 7.99. The first-order valence-corrected chi connectivity index (χ1v) is 11.6. The lowest BCUT2D eigenvalue weighted by molar-refractivity contribution is -0.127. The number of H-pyrrole nitrogens is 1. The van der Waals surface area contributed by atoms with E-state index >= 15 is 0 Å². The van der Waals surface area contributed by atoms with Crippen molar-refractivity contribution in [3.05, 3.63) is 78.1 Å². The predicted octanol–water partition coefficient (Wildman–Crippen LogP) is 3.99. The maximum absolute atomic E-state index is 13.9. The standard InChI is InChI=1S/C25H27N3O4S/c1-27(2)15-16-28-20-8-4-5-9-21(20)33-23(17-10-12-18(31-3)13-11-17)22(24(28)29)32-25(30)19-7-6-14-26-19/h4-14,22-23,26H,15-16H2,1-3H3. The number of benzene rings is 2. The van der Waals surface area contributed by atoms with Crippen LogP contribution in [0.5, 0.6) is 5.75 Å². The minimum Gasteiger partial charge on any atom is -0.497 e. The highest BCUT2D eigenvalue weighted by Gasteiger charge is 2.41.